The second-order valence-corrected chi connectivity index (χ2v) is 4.64. The van der Waals surface area contributed by atoms with Crippen molar-refractivity contribution in [2.45, 2.75) is 38.5 Å². The van der Waals surface area contributed by atoms with Crippen LogP contribution in [0.15, 0.2) is 35.4 Å². The van der Waals surface area contributed by atoms with Gasteiger partial charge in [-0.25, -0.2) is 0 Å². The number of nitrogens with zero attached hydrogens (tertiary/aromatic N) is 3. The molecule has 1 aromatic rings. The van der Waals surface area contributed by atoms with E-state index in [0.717, 1.165) is 12.8 Å². The standard InChI is InChI=1S/C13H17N3O/c1-10-7-12(8-13(10)15-16-14)17-9-11-5-3-2-4-6-11/h2-6,10,12-13H,7-9H2,1H3. The highest BCUT2D eigenvalue weighted by Crippen LogP contribution is 2.31. The highest BCUT2D eigenvalue weighted by Gasteiger charge is 2.30. The molecule has 0 heterocycles. The SMILES string of the molecule is CC1CC(OCc2ccccc2)CC1N=[N+]=[N-]. The number of benzene rings is 1. The van der Waals surface area contributed by atoms with E-state index >= 15 is 0 Å². The van der Waals surface area contributed by atoms with Crippen LogP contribution in [0.3, 0.4) is 0 Å². The predicted octanol–water partition coefficient (Wildman–Crippen LogP) is 3.68. The lowest BCUT2D eigenvalue weighted by molar-refractivity contribution is 0.0429. The Bertz CT molecular complexity index is 400. The summed E-state index contributed by atoms with van der Waals surface area (Å²) in [7, 11) is 0. The van der Waals surface area contributed by atoms with Crippen molar-refractivity contribution in [1.29, 1.82) is 0 Å². The molecule has 3 atom stereocenters. The molecule has 17 heavy (non-hydrogen) atoms. The number of hydrogen-bond acceptors (Lipinski definition) is 2. The zero-order valence-corrected chi connectivity index (χ0v) is 9.99. The van der Waals surface area contributed by atoms with Gasteiger partial charge >= 0.3 is 0 Å². The highest BCUT2D eigenvalue weighted by atomic mass is 16.5. The molecule has 0 aromatic heterocycles. The Morgan fingerprint density at radius 2 is 2.12 bits per heavy atom. The van der Waals surface area contributed by atoms with E-state index in [1.54, 1.807) is 0 Å². The van der Waals surface area contributed by atoms with Gasteiger partial charge in [0, 0.05) is 11.0 Å². The van der Waals surface area contributed by atoms with Gasteiger partial charge in [0.1, 0.15) is 0 Å². The Morgan fingerprint density at radius 3 is 2.82 bits per heavy atom. The molecule has 90 valence electrons. The average molecular weight is 231 g/mol. The fourth-order valence-electron chi connectivity index (χ4n) is 2.32. The van der Waals surface area contributed by atoms with Gasteiger partial charge in [0.05, 0.1) is 12.7 Å². The summed E-state index contributed by atoms with van der Waals surface area (Å²) in [4.78, 5) is 2.89. The Balaban J connectivity index is 1.84. The van der Waals surface area contributed by atoms with Crippen LogP contribution >= 0.6 is 0 Å². The molecule has 0 amide bonds. The third-order valence-corrected chi connectivity index (χ3v) is 3.32. The molecule has 1 fully saturated rings. The first-order valence-electron chi connectivity index (χ1n) is 5.99. The van der Waals surface area contributed by atoms with E-state index in [0.29, 0.717) is 12.5 Å². The summed E-state index contributed by atoms with van der Waals surface area (Å²) in [5, 5.41) is 3.81. The van der Waals surface area contributed by atoms with Crippen molar-refractivity contribution in [3.05, 3.63) is 46.3 Å². The number of azide groups is 1. The van der Waals surface area contributed by atoms with Gasteiger partial charge in [-0.15, -0.1) is 0 Å². The molecule has 1 saturated carbocycles. The van der Waals surface area contributed by atoms with Gasteiger partial charge in [-0.3, -0.25) is 0 Å². The summed E-state index contributed by atoms with van der Waals surface area (Å²) in [6.07, 6.45) is 2.05. The zero-order valence-electron chi connectivity index (χ0n) is 9.99. The molecule has 1 aliphatic rings. The molecule has 4 nitrogen and oxygen atoms in total. The third kappa shape index (κ3) is 3.22. The Kier molecular flexibility index (Phi) is 4.02. The smallest absolute Gasteiger partial charge is 0.0720 e. The fourth-order valence-corrected chi connectivity index (χ4v) is 2.32. The van der Waals surface area contributed by atoms with Crippen molar-refractivity contribution in [2.24, 2.45) is 11.0 Å². The summed E-state index contributed by atoms with van der Waals surface area (Å²) in [6.45, 7) is 2.76. The van der Waals surface area contributed by atoms with Gasteiger partial charge in [0.2, 0.25) is 0 Å². The summed E-state index contributed by atoms with van der Waals surface area (Å²) in [6, 6.07) is 10.2. The monoisotopic (exact) mass is 231 g/mol. The first-order valence-corrected chi connectivity index (χ1v) is 5.99. The van der Waals surface area contributed by atoms with Crippen LogP contribution in [-0.2, 0) is 11.3 Å². The van der Waals surface area contributed by atoms with Gasteiger partial charge in [-0.2, -0.15) is 0 Å². The van der Waals surface area contributed by atoms with E-state index in [1.807, 2.05) is 18.2 Å². The molecule has 0 saturated heterocycles. The van der Waals surface area contributed by atoms with Crippen LogP contribution in [0, 0.1) is 5.92 Å². The number of hydrogen-bond donors (Lipinski definition) is 0. The largest absolute Gasteiger partial charge is 0.374 e. The Morgan fingerprint density at radius 1 is 1.35 bits per heavy atom. The highest BCUT2D eigenvalue weighted by molar-refractivity contribution is 5.13. The van der Waals surface area contributed by atoms with E-state index in [-0.39, 0.29) is 12.1 Å². The molecule has 0 N–H and O–H groups in total. The molecular formula is C13H17N3O. The van der Waals surface area contributed by atoms with Gasteiger partial charge in [0.25, 0.3) is 0 Å². The molecule has 1 aromatic carbocycles. The van der Waals surface area contributed by atoms with Gasteiger partial charge in [-0.05, 0) is 29.9 Å². The lowest BCUT2D eigenvalue weighted by Crippen LogP contribution is -2.09. The van der Waals surface area contributed by atoms with Crippen molar-refractivity contribution >= 4 is 0 Å². The molecule has 0 spiro atoms. The second kappa shape index (κ2) is 5.71. The molecule has 4 heteroatoms. The lowest BCUT2D eigenvalue weighted by atomic mass is 10.1. The minimum absolute atomic E-state index is 0.0979. The lowest BCUT2D eigenvalue weighted by Gasteiger charge is -2.11. The van der Waals surface area contributed by atoms with E-state index in [4.69, 9.17) is 10.3 Å². The van der Waals surface area contributed by atoms with E-state index in [2.05, 4.69) is 29.1 Å². The number of rotatable bonds is 4. The maximum Gasteiger partial charge on any atom is 0.0720 e. The van der Waals surface area contributed by atoms with Crippen LogP contribution in [0.1, 0.15) is 25.3 Å². The zero-order chi connectivity index (χ0) is 12.1. The Hall–Kier alpha value is -1.51. The summed E-state index contributed by atoms with van der Waals surface area (Å²) >= 11 is 0. The first kappa shape index (κ1) is 12.0. The van der Waals surface area contributed by atoms with Gasteiger partial charge in [-0.1, -0.05) is 42.4 Å². The minimum atomic E-state index is 0.0979. The summed E-state index contributed by atoms with van der Waals surface area (Å²) < 4.78 is 5.85. The molecule has 0 aliphatic heterocycles. The van der Waals surface area contributed by atoms with Gasteiger partial charge in [0.15, 0.2) is 0 Å². The quantitative estimate of drug-likeness (QED) is 0.443. The van der Waals surface area contributed by atoms with Crippen LogP contribution in [0.4, 0.5) is 0 Å². The Labute approximate surface area is 101 Å². The molecule has 0 radical (unpaired) electrons. The van der Waals surface area contributed by atoms with Crippen LogP contribution in [0.5, 0.6) is 0 Å². The van der Waals surface area contributed by atoms with E-state index < -0.39 is 0 Å². The molecule has 1 aliphatic carbocycles. The van der Waals surface area contributed by atoms with Crippen LogP contribution in [0.2, 0.25) is 0 Å². The van der Waals surface area contributed by atoms with Crippen molar-refractivity contribution in [1.82, 2.24) is 0 Å². The van der Waals surface area contributed by atoms with E-state index in [9.17, 15) is 0 Å². The molecule has 2 rings (SSSR count). The minimum Gasteiger partial charge on any atom is -0.374 e. The third-order valence-electron chi connectivity index (χ3n) is 3.32. The fraction of sp³-hybridized carbons (Fsp3) is 0.538. The topological polar surface area (TPSA) is 58.0 Å². The second-order valence-electron chi connectivity index (χ2n) is 4.64. The van der Waals surface area contributed by atoms with Crippen molar-refractivity contribution in [3.8, 4) is 0 Å². The summed E-state index contributed by atoms with van der Waals surface area (Å²) in [5.41, 5.74) is 9.64. The van der Waals surface area contributed by atoms with Crippen LogP contribution in [-0.4, -0.2) is 12.1 Å². The maximum absolute atomic E-state index is 8.46. The molecular weight excluding hydrogens is 214 g/mol. The number of ether oxygens (including phenoxy) is 1. The normalized spacial score (nSPS) is 27.7. The maximum atomic E-state index is 8.46. The summed E-state index contributed by atoms with van der Waals surface area (Å²) in [5.74, 6) is 0.423. The molecule has 3 unspecified atom stereocenters. The molecule has 0 bridgehead atoms. The average Bonchev–Trinajstić information content (AvgIpc) is 2.70. The van der Waals surface area contributed by atoms with Crippen molar-refractivity contribution in [3.63, 3.8) is 0 Å². The van der Waals surface area contributed by atoms with Crippen LogP contribution < -0.4 is 0 Å². The van der Waals surface area contributed by atoms with Crippen molar-refractivity contribution in [2.75, 3.05) is 0 Å². The van der Waals surface area contributed by atoms with E-state index in [1.165, 1.54) is 5.56 Å². The van der Waals surface area contributed by atoms with Crippen molar-refractivity contribution < 1.29 is 4.74 Å². The predicted molar refractivity (Wildman–Crippen MR) is 66.4 cm³/mol. The van der Waals surface area contributed by atoms with Gasteiger partial charge < -0.3 is 4.74 Å². The van der Waals surface area contributed by atoms with Crippen LogP contribution in [0.25, 0.3) is 10.4 Å². The first-order chi connectivity index (χ1) is 8.29.